The van der Waals surface area contributed by atoms with Crippen LogP contribution in [0.15, 0.2) is 24.3 Å². The van der Waals surface area contributed by atoms with Gasteiger partial charge in [-0.2, -0.15) is 0 Å². The van der Waals surface area contributed by atoms with Crippen LogP contribution in [0.4, 0.5) is 9.18 Å². The molecule has 0 saturated heterocycles. The van der Waals surface area contributed by atoms with Gasteiger partial charge in [0.15, 0.2) is 6.10 Å². The number of hydrogen-bond acceptors (Lipinski definition) is 5. The molecular weight excluding hydrogens is 357 g/mol. The van der Waals surface area contributed by atoms with Crippen molar-refractivity contribution in [2.24, 2.45) is 17.6 Å². The molecule has 1 rings (SSSR count). The first kappa shape index (κ1) is 22.1. The van der Waals surface area contributed by atoms with Crippen molar-refractivity contribution in [1.82, 2.24) is 10.6 Å². The molecule has 27 heavy (non-hydrogen) atoms. The summed E-state index contributed by atoms with van der Waals surface area (Å²) < 4.78 is 19.0. The van der Waals surface area contributed by atoms with Crippen LogP contribution in [0.5, 0.6) is 0 Å². The summed E-state index contributed by atoms with van der Waals surface area (Å²) in [5.41, 5.74) is 4.69. The normalized spacial score (nSPS) is 13.0. The first-order valence-corrected chi connectivity index (χ1v) is 8.40. The highest BCUT2D eigenvalue weighted by Gasteiger charge is 2.33. The Morgan fingerprint density at radius 3 is 2.11 bits per heavy atom. The van der Waals surface area contributed by atoms with E-state index in [2.05, 4.69) is 5.32 Å². The zero-order valence-corrected chi connectivity index (χ0v) is 15.6. The van der Waals surface area contributed by atoms with Gasteiger partial charge in [-0.25, -0.2) is 14.0 Å². The Morgan fingerprint density at radius 2 is 1.63 bits per heavy atom. The van der Waals surface area contributed by atoms with Gasteiger partial charge in [-0.05, 0) is 24.0 Å². The molecule has 8 nitrogen and oxygen atoms in total. The molecule has 0 aliphatic rings. The maximum Gasteiger partial charge on any atom is 0.329 e. The van der Waals surface area contributed by atoms with Gasteiger partial charge in [0.05, 0.1) is 5.56 Å². The van der Waals surface area contributed by atoms with Crippen LogP contribution < -0.4 is 16.4 Å². The molecule has 0 heterocycles. The van der Waals surface area contributed by atoms with Crippen LogP contribution in [0, 0.1) is 17.7 Å². The van der Waals surface area contributed by atoms with Gasteiger partial charge in [0.2, 0.25) is 0 Å². The van der Waals surface area contributed by atoms with Gasteiger partial charge < -0.3 is 15.8 Å². The lowest BCUT2D eigenvalue weighted by atomic mass is 10.0. The van der Waals surface area contributed by atoms with Crippen LogP contribution in [0.1, 0.15) is 38.1 Å². The first-order chi connectivity index (χ1) is 12.5. The molecule has 1 aromatic carbocycles. The SMILES string of the molecule is CC(C)[C@H](NC(=O)c1ccccc1F)C(=O)O[C@H](C(=O)NC(N)=O)C(C)C. The van der Waals surface area contributed by atoms with Gasteiger partial charge in [-0.3, -0.25) is 14.9 Å². The summed E-state index contributed by atoms with van der Waals surface area (Å²) in [6.45, 7) is 6.53. The zero-order valence-electron chi connectivity index (χ0n) is 15.6. The van der Waals surface area contributed by atoms with E-state index < -0.39 is 53.6 Å². The average molecular weight is 381 g/mol. The van der Waals surface area contributed by atoms with E-state index in [-0.39, 0.29) is 5.56 Å². The number of halogens is 1. The molecule has 0 aromatic heterocycles. The van der Waals surface area contributed by atoms with Crippen molar-refractivity contribution < 1.29 is 28.3 Å². The second-order valence-electron chi connectivity index (χ2n) is 6.63. The van der Waals surface area contributed by atoms with Crippen molar-refractivity contribution in [3.8, 4) is 0 Å². The summed E-state index contributed by atoms with van der Waals surface area (Å²) in [7, 11) is 0. The fourth-order valence-electron chi connectivity index (χ4n) is 2.25. The number of nitrogens with one attached hydrogen (secondary N) is 2. The Kier molecular flexibility index (Phi) is 7.89. The fraction of sp³-hybridized carbons (Fsp3) is 0.444. The second-order valence-corrected chi connectivity index (χ2v) is 6.63. The predicted octanol–water partition coefficient (Wildman–Crippen LogP) is 1.34. The van der Waals surface area contributed by atoms with Crippen molar-refractivity contribution in [2.75, 3.05) is 0 Å². The number of ether oxygens (including phenoxy) is 1. The summed E-state index contributed by atoms with van der Waals surface area (Å²) >= 11 is 0. The molecule has 148 valence electrons. The number of nitrogens with two attached hydrogens (primary N) is 1. The third kappa shape index (κ3) is 6.36. The largest absolute Gasteiger partial charge is 0.450 e. The number of amides is 4. The monoisotopic (exact) mass is 381 g/mol. The van der Waals surface area contributed by atoms with Crippen molar-refractivity contribution in [3.63, 3.8) is 0 Å². The second kappa shape index (κ2) is 9.65. The van der Waals surface area contributed by atoms with Crippen molar-refractivity contribution in [3.05, 3.63) is 35.6 Å². The van der Waals surface area contributed by atoms with Crippen LogP contribution >= 0.6 is 0 Å². The third-order valence-corrected chi connectivity index (χ3v) is 3.68. The number of imide groups is 1. The number of benzene rings is 1. The van der Waals surface area contributed by atoms with Crippen molar-refractivity contribution in [1.29, 1.82) is 0 Å². The molecule has 9 heteroatoms. The summed E-state index contributed by atoms with van der Waals surface area (Å²) in [5, 5.41) is 4.28. The summed E-state index contributed by atoms with van der Waals surface area (Å²) in [6.07, 6.45) is -1.28. The quantitative estimate of drug-likeness (QED) is 0.614. The Bertz CT molecular complexity index is 721. The van der Waals surface area contributed by atoms with Crippen LogP contribution in [0.3, 0.4) is 0 Å². The topological polar surface area (TPSA) is 128 Å². The van der Waals surface area contributed by atoms with E-state index in [9.17, 15) is 23.6 Å². The van der Waals surface area contributed by atoms with E-state index in [4.69, 9.17) is 10.5 Å². The first-order valence-electron chi connectivity index (χ1n) is 8.40. The number of carbonyl (C=O) groups excluding carboxylic acids is 4. The summed E-state index contributed by atoms with van der Waals surface area (Å²) in [4.78, 5) is 47.6. The van der Waals surface area contributed by atoms with Crippen LogP contribution in [-0.4, -0.2) is 36.0 Å². The Balaban J connectivity index is 2.94. The van der Waals surface area contributed by atoms with E-state index in [1.165, 1.54) is 18.2 Å². The highest BCUT2D eigenvalue weighted by molar-refractivity contribution is 5.98. The van der Waals surface area contributed by atoms with Gasteiger partial charge in [0.1, 0.15) is 11.9 Å². The van der Waals surface area contributed by atoms with E-state index in [0.717, 1.165) is 6.07 Å². The molecule has 4 N–H and O–H groups in total. The average Bonchev–Trinajstić information content (AvgIpc) is 2.56. The zero-order chi connectivity index (χ0) is 20.7. The minimum atomic E-state index is -1.28. The van der Waals surface area contributed by atoms with Gasteiger partial charge in [0.25, 0.3) is 11.8 Å². The van der Waals surface area contributed by atoms with E-state index in [0.29, 0.717) is 0 Å². The van der Waals surface area contributed by atoms with Crippen molar-refractivity contribution in [2.45, 2.75) is 39.8 Å². The standard InChI is InChI=1S/C18H24FN3O5/c1-9(2)13(21-15(23)11-7-5-6-8-12(11)19)17(25)27-14(10(3)4)16(24)22-18(20)26/h5-10,13-14H,1-4H3,(H,21,23)(H3,20,22,24,26)/t13-,14-/m0/s1. The van der Waals surface area contributed by atoms with E-state index in [1.807, 2.05) is 5.32 Å². The molecule has 0 fully saturated rings. The highest BCUT2D eigenvalue weighted by atomic mass is 19.1. The molecule has 0 aliphatic carbocycles. The molecular formula is C18H24FN3O5. The maximum atomic E-state index is 13.8. The lowest BCUT2D eigenvalue weighted by Gasteiger charge is -2.25. The maximum absolute atomic E-state index is 13.8. The molecule has 0 saturated carbocycles. The van der Waals surface area contributed by atoms with E-state index in [1.54, 1.807) is 27.7 Å². The van der Waals surface area contributed by atoms with Crippen LogP contribution in [0.25, 0.3) is 0 Å². The number of primary amides is 1. The van der Waals surface area contributed by atoms with E-state index >= 15 is 0 Å². The molecule has 0 spiro atoms. The Labute approximate surface area is 156 Å². The minimum absolute atomic E-state index is 0.220. The number of rotatable bonds is 7. The molecule has 0 unspecified atom stereocenters. The van der Waals surface area contributed by atoms with Gasteiger partial charge >= 0.3 is 12.0 Å². The summed E-state index contributed by atoms with van der Waals surface area (Å²) in [5.74, 6) is -4.12. The van der Waals surface area contributed by atoms with Crippen LogP contribution in [0.2, 0.25) is 0 Å². The van der Waals surface area contributed by atoms with Gasteiger partial charge in [0, 0.05) is 0 Å². The summed E-state index contributed by atoms with van der Waals surface area (Å²) in [6, 6.07) is 3.13. The van der Waals surface area contributed by atoms with Gasteiger partial charge in [-0.15, -0.1) is 0 Å². The highest BCUT2D eigenvalue weighted by Crippen LogP contribution is 2.13. The van der Waals surface area contributed by atoms with Gasteiger partial charge in [-0.1, -0.05) is 39.8 Å². The molecule has 0 radical (unpaired) electrons. The lowest BCUT2D eigenvalue weighted by Crippen LogP contribution is -2.50. The Morgan fingerprint density at radius 1 is 1.04 bits per heavy atom. The number of esters is 1. The van der Waals surface area contributed by atoms with Crippen molar-refractivity contribution >= 4 is 23.8 Å². The fourth-order valence-corrected chi connectivity index (χ4v) is 2.25. The number of carbonyl (C=O) groups is 4. The molecule has 1 aromatic rings. The predicted molar refractivity (Wildman–Crippen MR) is 94.9 cm³/mol. The minimum Gasteiger partial charge on any atom is -0.450 e. The smallest absolute Gasteiger partial charge is 0.329 e. The third-order valence-electron chi connectivity index (χ3n) is 3.68. The van der Waals surface area contributed by atoms with Crippen LogP contribution in [-0.2, 0) is 14.3 Å². The molecule has 4 amide bonds. The lowest BCUT2D eigenvalue weighted by molar-refractivity contribution is -0.161. The molecule has 2 atom stereocenters. The molecule has 0 aliphatic heterocycles. The number of urea groups is 1. The Hall–Kier alpha value is -2.97. The number of hydrogen-bond donors (Lipinski definition) is 3. The molecule has 0 bridgehead atoms.